The summed E-state index contributed by atoms with van der Waals surface area (Å²) < 4.78 is 4.33. The summed E-state index contributed by atoms with van der Waals surface area (Å²) in [6, 6.07) is 6.24. The molecule has 1 amide bonds. The smallest absolute Gasteiger partial charge is 0.379 e. The molecule has 16 heavy (non-hydrogen) atoms. The van der Waals surface area contributed by atoms with Crippen LogP contribution in [0, 0.1) is 0 Å². The molecule has 0 bridgehead atoms. The van der Waals surface area contributed by atoms with Crippen LogP contribution < -0.4 is 5.32 Å². The number of ether oxygens (including phenoxy) is 1. The number of para-hydroxylation sites is 1. The molecule has 5 heteroatoms. The maximum absolute atomic E-state index is 11.6. The lowest BCUT2D eigenvalue weighted by molar-refractivity contribution is -0.135. The normalized spacial score (nSPS) is 9.38. The number of anilines is 1. The number of hydrogen-bond acceptors (Lipinski definition) is 4. The van der Waals surface area contributed by atoms with Crippen molar-refractivity contribution in [3.8, 4) is 0 Å². The Morgan fingerprint density at radius 2 is 1.81 bits per heavy atom. The fourth-order valence-electron chi connectivity index (χ4n) is 1.18. The van der Waals surface area contributed by atoms with E-state index in [0.717, 1.165) is 7.11 Å². The van der Waals surface area contributed by atoms with Crippen LogP contribution in [0.25, 0.3) is 0 Å². The highest BCUT2D eigenvalue weighted by atomic mass is 16.5. The Morgan fingerprint density at radius 3 is 2.38 bits per heavy atom. The van der Waals surface area contributed by atoms with Gasteiger partial charge in [0.05, 0.1) is 18.4 Å². The van der Waals surface area contributed by atoms with Gasteiger partial charge in [0, 0.05) is 6.92 Å². The number of Topliss-reactive ketones (excluding diaryl/α,β-unsaturated/α-hetero) is 1. The van der Waals surface area contributed by atoms with E-state index in [1.807, 2.05) is 0 Å². The van der Waals surface area contributed by atoms with E-state index in [1.54, 1.807) is 12.1 Å². The van der Waals surface area contributed by atoms with Crippen LogP contribution in [0.3, 0.4) is 0 Å². The molecule has 0 atom stereocenters. The molecule has 0 aliphatic carbocycles. The first-order chi connectivity index (χ1) is 7.56. The largest absolute Gasteiger partial charge is 0.463 e. The summed E-state index contributed by atoms with van der Waals surface area (Å²) in [5.74, 6) is -2.06. The number of nitrogens with one attached hydrogen (secondary N) is 1. The van der Waals surface area contributed by atoms with Gasteiger partial charge in [-0.1, -0.05) is 12.1 Å². The topological polar surface area (TPSA) is 72.5 Å². The first kappa shape index (κ1) is 11.9. The van der Waals surface area contributed by atoms with Gasteiger partial charge in [-0.3, -0.25) is 9.59 Å². The highest BCUT2D eigenvalue weighted by molar-refractivity contribution is 6.42. The molecule has 0 saturated heterocycles. The summed E-state index contributed by atoms with van der Waals surface area (Å²) in [4.78, 5) is 33.5. The van der Waals surface area contributed by atoms with Crippen LogP contribution in [-0.2, 0) is 14.3 Å². The van der Waals surface area contributed by atoms with Gasteiger partial charge in [0.2, 0.25) is 5.91 Å². The Morgan fingerprint density at radius 1 is 1.19 bits per heavy atom. The lowest BCUT2D eigenvalue weighted by Crippen LogP contribution is -2.18. The minimum absolute atomic E-state index is 0.115. The minimum Gasteiger partial charge on any atom is -0.463 e. The Kier molecular flexibility index (Phi) is 3.77. The van der Waals surface area contributed by atoms with Crippen molar-refractivity contribution in [1.82, 2.24) is 0 Å². The first-order valence-corrected chi connectivity index (χ1v) is 4.55. The molecule has 0 aromatic heterocycles. The van der Waals surface area contributed by atoms with Gasteiger partial charge in [0.1, 0.15) is 0 Å². The molecule has 0 saturated carbocycles. The predicted molar refractivity (Wildman–Crippen MR) is 57.1 cm³/mol. The van der Waals surface area contributed by atoms with Crippen molar-refractivity contribution in [2.45, 2.75) is 6.92 Å². The average molecular weight is 221 g/mol. The molecule has 0 radical (unpaired) electrons. The molecule has 84 valence electrons. The SMILES string of the molecule is COC(=O)C(=O)c1ccccc1NC(C)=O. The van der Waals surface area contributed by atoms with E-state index in [2.05, 4.69) is 10.1 Å². The molecule has 0 aliphatic heterocycles. The van der Waals surface area contributed by atoms with Gasteiger partial charge >= 0.3 is 5.97 Å². The second-order valence-electron chi connectivity index (χ2n) is 3.05. The van der Waals surface area contributed by atoms with E-state index >= 15 is 0 Å². The number of ketones is 1. The maximum Gasteiger partial charge on any atom is 0.379 e. The van der Waals surface area contributed by atoms with Crippen LogP contribution in [0.5, 0.6) is 0 Å². The van der Waals surface area contributed by atoms with Crippen LogP contribution in [0.4, 0.5) is 5.69 Å². The number of hydrogen-bond donors (Lipinski definition) is 1. The van der Waals surface area contributed by atoms with E-state index in [4.69, 9.17) is 0 Å². The molecule has 1 N–H and O–H groups in total. The second-order valence-corrected chi connectivity index (χ2v) is 3.05. The van der Waals surface area contributed by atoms with Crippen LogP contribution in [0.2, 0.25) is 0 Å². The highest BCUT2D eigenvalue weighted by Crippen LogP contribution is 2.15. The van der Waals surface area contributed by atoms with Crippen molar-refractivity contribution in [2.24, 2.45) is 0 Å². The molecule has 0 fully saturated rings. The zero-order chi connectivity index (χ0) is 12.1. The van der Waals surface area contributed by atoms with Crippen LogP contribution in [0.1, 0.15) is 17.3 Å². The molecule has 0 aliphatic rings. The standard InChI is InChI=1S/C11H11NO4/c1-7(13)12-9-6-4-3-5-8(9)10(14)11(15)16-2/h3-6H,1-2H3,(H,12,13). The van der Waals surface area contributed by atoms with Gasteiger partial charge in [0.15, 0.2) is 0 Å². The van der Waals surface area contributed by atoms with Gasteiger partial charge in [-0.2, -0.15) is 0 Å². The summed E-state index contributed by atoms with van der Waals surface area (Å²) in [7, 11) is 1.13. The van der Waals surface area contributed by atoms with Crippen molar-refractivity contribution in [2.75, 3.05) is 12.4 Å². The minimum atomic E-state index is -0.960. The van der Waals surface area contributed by atoms with Gasteiger partial charge < -0.3 is 10.1 Å². The molecule has 1 aromatic carbocycles. The molecular formula is C11H11NO4. The van der Waals surface area contributed by atoms with E-state index in [0.29, 0.717) is 5.69 Å². The molecule has 5 nitrogen and oxygen atoms in total. The number of rotatable bonds is 3. The lowest BCUT2D eigenvalue weighted by atomic mass is 10.1. The van der Waals surface area contributed by atoms with Crippen molar-refractivity contribution < 1.29 is 19.1 Å². The Balaban J connectivity index is 3.08. The fraction of sp³-hybridized carbons (Fsp3) is 0.182. The number of carbonyl (C=O) groups excluding carboxylic acids is 3. The van der Waals surface area contributed by atoms with Crippen molar-refractivity contribution in [1.29, 1.82) is 0 Å². The van der Waals surface area contributed by atoms with Crippen molar-refractivity contribution >= 4 is 23.3 Å². The highest BCUT2D eigenvalue weighted by Gasteiger charge is 2.19. The lowest BCUT2D eigenvalue weighted by Gasteiger charge is -2.07. The van der Waals surface area contributed by atoms with Crippen molar-refractivity contribution in [3.05, 3.63) is 29.8 Å². The van der Waals surface area contributed by atoms with Gasteiger partial charge in [0.25, 0.3) is 5.78 Å². The summed E-state index contributed by atoms with van der Waals surface area (Å²) in [5, 5.41) is 2.47. The Hall–Kier alpha value is -2.17. The third kappa shape index (κ3) is 2.66. The van der Waals surface area contributed by atoms with Crippen LogP contribution >= 0.6 is 0 Å². The number of esters is 1. The third-order valence-corrected chi connectivity index (χ3v) is 1.85. The Labute approximate surface area is 92.4 Å². The van der Waals surface area contributed by atoms with Crippen LogP contribution in [-0.4, -0.2) is 24.8 Å². The summed E-state index contributed by atoms with van der Waals surface area (Å²) >= 11 is 0. The zero-order valence-electron chi connectivity index (χ0n) is 8.94. The molecule has 1 rings (SSSR count). The van der Waals surface area contributed by atoms with E-state index in [-0.39, 0.29) is 11.5 Å². The molecule has 1 aromatic rings. The second kappa shape index (κ2) is 5.06. The number of methoxy groups -OCH3 is 1. The van der Waals surface area contributed by atoms with Gasteiger partial charge in [-0.15, -0.1) is 0 Å². The summed E-state index contributed by atoms with van der Waals surface area (Å²) in [5.41, 5.74) is 0.412. The summed E-state index contributed by atoms with van der Waals surface area (Å²) in [6.45, 7) is 1.32. The number of benzene rings is 1. The van der Waals surface area contributed by atoms with Gasteiger partial charge in [-0.05, 0) is 12.1 Å². The molecule has 0 unspecified atom stereocenters. The quantitative estimate of drug-likeness (QED) is 0.469. The first-order valence-electron chi connectivity index (χ1n) is 4.55. The third-order valence-electron chi connectivity index (χ3n) is 1.85. The van der Waals surface area contributed by atoms with E-state index in [9.17, 15) is 14.4 Å². The maximum atomic E-state index is 11.6. The molecule has 0 heterocycles. The molecule has 0 spiro atoms. The Bertz CT molecular complexity index is 439. The average Bonchev–Trinajstić information content (AvgIpc) is 2.27. The van der Waals surface area contributed by atoms with E-state index in [1.165, 1.54) is 19.1 Å². The van der Waals surface area contributed by atoms with Gasteiger partial charge in [-0.25, -0.2) is 4.79 Å². The van der Waals surface area contributed by atoms with Crippen LogP contribution in [0.15, 0.2) is 24.3 Å². The predicted octanol–water partition coefficient (Wildman–Crippen LogP) is 1.00. The summed E-state index contributed by atoms with van der Waals surface area (Å²) in [6.07, 6.45) is 0. The monoisotopic (exact) mass is 221 g/mol. The zero-order valence-corrected chi connectivity index (χ0v) is 8.94. The molecular weight excluding hydrogens is 210 g/mol. The van der Waals surface area contributed by atoms with E-state index < -0.39 is 11.8 Å². The number of amides is 1. The van der Waals surface area contributed by atoms with Crippen molar-refractivity contribution in [3.63, 3.8) is 0 Å². The fourth-order valence-corrected chi connectivity index (χ4v) is 1.18. The number of carbonyl (C=O) groups is 3.